The molecule has 0 bridgehead atoms. The minimum absolute atomic E-state index is 0.141. The van der Waals surface area contributed by atoms with Crippen LogP contribution in [0.3, 0.4) is 0 Å². The van der Waals surface area contributed by atoms with E-state index in [1.54, 1.807) is 0 Å². The summed E-state index contributed by atoms with van der Waals surface area (Å²) in [6.07, 6.45) is 4.73. The monoisotopic (exact) mass is 406 g/mol. The van der Waals surface area contributed by atoms with Gasteiger partial charge < -0.3 is 10.5 Å². The summed E-state index contributed by atoms with van der Waals surface area (Å²) in [6, 6.07) is 8.58. The van der Waals surface area contributed by atoms with Gasteiger partial charge in [0, 0.05) is 24.3 Å². The maximum atomic E-state index is 14.2. The highest BCUT2D eigenvalue weighted by Crippen LogP contribution is 2.34. The molecule has 1 heterocycles. The summed E-state index contributed by atoms with van der Waals surface area (Å²) in [5.41, 5.74) is 7.66. The average Bonchev–Trinajstić information content (AvgIpc) is 3.07. The molecular formula is C23H29F3N2O. The Kier molecular flexibility index (Phi) is 7.17. The first-order valence-corrected chi connectivity index (χ1v) is 10.3. The highest BCUT2D eigenvalue weighted by Gasteiger charge is 2.31. The molecule has 1 aromatic carbocycles. The Balaban J connectivity index is 1.42. The Morgan fingerprint density at radius 3 is 2.76 bits per heavy atom. The summed E-state index contributed by atoms with van der Waals surface area (Å²) >= 11 is 0. The Bertz CT molecular complexity index is 792. The predicted molar refractivity (Wildman–Crippen MR) is 108 cm³/mol. The van der Waals surface area contributed by atoms with Gasteiger partial charge in [-0.3, -0.25) is 0 Å². The van der Waals surface area contributed by atoms with Crippen molar-refractivity contribution in [2.45, 2.75) is 63.9 Å². The number of ether oxygens (including phenoxy) is 1. The van der Waals surface area contributed by atoms with Crippen LogP contribution in [0.15, 0.2) is 36.4 Å². The van der Waals surface area contributed by atoms with Crippen LogP contribution in [0, 0.1) is 18.7 Å². The van der Waals surface area contributed by atoms with Crippen LogP contribution in [0.2, 0.25) is 0 Å². The van der Waals surface area contributed by atoms with Gasteiger partial charge in [-0.05, 0) is 74.8 Å². The van der Waals surface area contributed by atoms with E-state index in [1.165, 1.54) is 18.2 Å². The second-order valence-corrected chi connectivity index (χ2v) is 8.04. The van der Waals surface area contributed by atoms with E-state index >= 15 is 0 Å². The van der Waals surface area contributed by atoms with Crippen molar-refractivity contribution in [1.29, 1.82) is 0 Å². The number of aryl methyl sites for hydroxylation is 1. The summed E-state index contributed by atoms with van der Waals surface area (Å²) in [5.74, 6) is -2.73. The minimum atomic E-state index is -3.02. The lowest BCUT2D eigenvalue weighted by Gasteiger charge is -2.21. The van der Waals surface area contributed by atoms with E-state index in [0.29, 0.717) is 31.2 Å². The molecule has 158 valence electrons. The third kappa shape index (κ3) is 6.20. The molecule has 3 rings (SSSR count). The molecule has 6 heteroatoms. The normalized spacial score (nSPS) is 19.6. The van der Waals surface area contributed by atoms with Crippen molar-refractivity contribution in [1.82, 2.24) is 4.98 Å². The summed E-state index contributed by atoms with van der Waals surface area (Å²) in [7, 11) is 0. The lowest BCUT2D eigenvalue weighted by Crippen LogP contribution is -2.21. The van der Waals surface area contributed by atoms with E-state index in [1.807, 2.05) is 13.0 Å². The first kappa shape index (κ1) is 21.6. The quantitative estimate of drug-likeness (QED) is 0.535. The van der Waals surface area contributed by atoms with Crippen molar-refractivity contribution < 1.29 is 17.9 Å². The maximum absolute atomic E-state index is 14.2. The number of benzene rings is 1. The number of nitrogen functional groups attached to an aromatic ring is 1. The number of anilines is 1. The second-order valence-electron chi connectivity index (χ2n) is 8.04. The Hall–Kier alpha value is -2.08. The lowest BCUT2D eigenvalue weighted by atomic mass is 9.98. The van der Waals surface area contributed by atoms with E-state index in [9.17, 15) is 13.2 Å². The van der Waals surface area contributed by atoms with E-state index < -0.39 is 11.7 Å². The van der Waals surface area contributed by atoms with Crippen molar-refractivity contribution in [2.24, 2.45) is 5.92 Å². The first-order chi connectivity index (χ1) is 13.8. The molecule has 0 unspecified atom stereocenters. The fourth-order valence-electron chi connectivity index (χ4n) is 4.14. The molecule has 1 fully saturated rings. The highest BCUT2D eigenvalue weighted by molar-refractivity contribution is 5.34. The van der Waals surface area contributed by atoms with Crippen LogP contribution in [0.5, 0.6) is 0 Å². The van der Waals surface area contributed by atoms with Gasteiger partial charge in [0.05, 0.1) is 6.10 Å². The zero-order valence-electron chi connectivity index (χ0n) is 16.8. The molecule has 3 nitrogen and oxygen atoms in total. The third-order valence-electron chi connectivity index (χ3n) is 5.57. The zero-order valence-corrected chi connectivity index (χ0v) is 16.8. The number of hydrogen-bond donors (Lipinski definition) is 1. The lowest BCUT2D eigenvalue weighted by molar-refractivity contribution is -0.0212. The van der Waals surface area contributed by atoms with Gasteiger partial charge in [0.15, 0.2) is 0 Å². The number of pyridine rings is 1. The van der Waals surface area contributed by atoms with E-state index in [2.05, 4.69) is 11.1 Å². The van der Waals surface area contributed by atoms with E-state index in [-0.39, 0.29) is 18.1 Å². The Morgan fingerprint density at radius 1 is 1.17 bits per heavy atom. The summed E-state index contributed by atoms with van der Waals surface area (Å²) in [6.45, 7) is 2.47. The van der Waals surface area contributed by atoms with Crippen LogP contribution in [-0.4, -0.2) is 17.7 Å². The third-order valence-corrected chi connectivity index (χ3v) is 5.57. The molecule has 0 aliphatic heterocycles. The van der Waals surface area contributed by atoms with Gasteiger partial charge in [-0.1, -0.05) is 18.6 Å². The average molecular weight is 406 g/mol. The van der Waals surface area contributed by atoms with Crippen LogP contribution >= 0.6 is 0 Å². The fraction of sp³-hybridized carbons (Fsp3) is 0.522. The predicted octanol–water partition coefficient (Wildman–Crippen LogP) is 5.80. The van der Waals surface area contributed by atoms with Crippen LogP contribution in [0.1, 0.15) is 55.3 Å². The molecule has 0 amide bonds. The smallest absolute Gasteiger partial charge is 0.273 e. The van der Waals surface area contributed by atoms with Gasteiger partial charge in [-0.25, -0.2) is 18.2 Å². The summed E-state index contributed by atoms with van der Waals surface area (Å²) in [4.78, 5) is 4.42. The summed E-state index contributed by atoms with van der Waals surface area (Å²) in [5, 5.41) is 0. The van der Waals surface area contributed by atoms with Gasteiger partial charge in [0.25, 0.3) is 5.92 Å². The standard InChI is InChI=1S/C23H29F3N2O/c1-16-12-20(28-22(27)13-16)14-17-6-4-9-21(17)29-11-3-2-10-23(25,26)18-7-5-8-19(24)15-18/h5,7-8,12-13,15,17,21H,2-4,6,9-11,14H2,1H3,(H2,27,28)/t17-,21-/m0/s1. The van der Waals surface area contributed by atoms with E-state index in [4.69, 9.17) is 10.5 Å². The molecule has 1 aliphatic carbocycles. The molecule has 1 aromatic heterocycles. The van der Waals surface area contributed by atoms with Crippen molar-refractivity contribution in [3.05, 3.63) is 59.0 Å². The molecular weight excluding hydrogens is 377 g/mol. The fourth-order valence-corrected chi connectivity index (χ4v) is 4.14. The van der Waals surface area contributed by atoms with Gasteiger partial charge in [0.2, 0.25) is 0 Å². The zero-order chi connectivity index (χ0) is 20.9. The van der Waals surface area contributed by atoms with E-state index in [0.717, 1.165) is 43.0 Å². The largest absolute Gasteiger partial charge is 0.384 e. The Labute approximate surface area is 170 Å². The van der Waals surface area contributed by atoms with Gasteiger partial charge in [0.1, 0.15) is 11.6 Å². The van der Waals surface area contributed by atoms with Crippen LogP contribution < -0.4 is 5.73 Å². The number of rotatable bonds is 9. The minimum Gasteiger partial charge on any atom is -0.384 e. The molecule has 29 heavy (non-hydrogen) atoms. The molecule has 1 saturated carbocycles. The van der Waals surface area contributed by atoms with Gasteiger partial charge in [-0.2, -0.15) is 0 Å². The topological polar surface area (TPSA) is 48.1 Å². The first-order valence-electron chi connectivity index (χ1n) is 10.3. The van der Waals surface area contributed by atoms with Crippen molar-refractivity contribution in [3.63, 3.8) is 0 Å². The second kappa shape index (κ2) is 9.61. The van der Waals surface area contributed by atoms with Crippen LogP contribution in [-0.2, 0) is 17.1 Å². The molecule has 2 N–H and O–H groups in total. The number of alkyl halides is 2. The highest BCUT2D eigenvalue weighted by atomic mass is 19.3. The number of halogens is 3. The molecule has 0 saturated heterocycles. The number of aromatic nitrogens is 1. The maximum Gasteiger partial charge on any atom is 0.273 e. The van der Waals surface area contributed by atoms with Crippen molar-refractivity contribution in [3.8, 4) is 0 Å². The molecule has 1 aliphatic rings. The van der Waals surface area contributed by atoms with Crippen LogP contribution in [0.4, 0.5) is 19.0 Å². The van der Waals surface area contributed by atoms with Gasteiger partial charge >= 0.3 is 0 Å². The van der Waals surface area contributed by atoms with Gasteiger partial charge in [-0.15, -0.1) is 0 Å². The Morgan fingerprint density at radius 2 is 2.00 bits per heavy atom. The van der Waals surface area contributed by atoms with Crippen molar-refractivity contribution in [2.75, 3.05) is 12.3 Å². The summed E-state index contributed by atoms with van der Waals surface area (Å²) < 4.78 is 47.6. The molecule has 2 aromatic rings. The molecule has 2 atom stereocenters. The number of hydrogen-bond acceptors (Lipinski definition) is 3. The molecule has 0 spiro atoms. The number of unbranched alkanes of at least 4 members (excludes halogenated alkanes) is 1. The van der Waals surface area contributed by atoms with Crippen LogP contribution in [0.25, 0.3) is 0 Å². The number of nitrogens with two attached hydrogens (primary N) is 1. The SMILES string of the molecule is Cc1cc(N)nc(C[C@@H]2CCC[C@@H]2OCCCCC(F)(F)c2cccc(F)c2)c1. The number of nitrogens with zero attached hydrogens (tertiary/aromatic N) is 1. The molecule has 0 radical (unpaired) electrons. The van der Waals surface area contributed by atoms with Crippen molar-refractivity contribution >= 4 is 5.82 Å².